The minimum Gasteiger partial charge on any atom is -0.336 e. The normalized spacial score (nSPS) is 13.4. The first-order valence-corrected chi connectivity index (χ1v) is 9.06. The van der Waals surface area contributed by atoms with Gasteiger partial charge in [-0.2, -0.15) is 0 Å². The van der Waals surface area contributed by atoms with E-state index in [1.54, 1.807) is 53.4 Å². The van der Waals surface area contributed by atoms with Crippen LogP contribution in [0.1, 0.15) is 23.2 Å². The second-order valence-electron chi connectivity index (χ2n) is 5.91. The zero-order chi connectivity index (χ0) is 18.5. The fraction of sp³-hybridized carbons (Fsp3) is 0.211. The lowest BCUT2D eigenvalue weighted by Gasteiger charge is -2.14. The van der Waals surface area contributed by atoms with Crippen LogP contribution in [0.5, 0.6) is 0 Å². The summed E-state index contributed by atoms with van der Waals surface area (Å²) in [5.41, 5.74) is 2.01. The quantitative estimate of drug-likeness (QED) is 0.707. The van der Waals surface area contributed by atoms with Crippen LogP contribution in [0.4, 0.5) is 16.2 Å². The Morgan fingerprint density at radius 3 is 2.35 bits per heavy atom. The molecule has 0 atom stereocenters. The van der Waals surface area contributed by atoms with Gasteiger partial charge in [-0.25, -0.2) is 4.79 Å². The highest BCUT2D eigenvalue weighted by Crippen LogP contribution is 2.20. The second kappa shape index (κ2) is 8.14. The van der Waals surface area contributed by atoms with Gasteiger partial charge in [-0.15, -0.1) is 0 Å². The van der Waals surface area contributed by atoms with Gasteiger partial charge in [0, 0.05) is 47.3 Å². The lowest BCUT2D eigenvalue weighted by molar-refractivity contribution is -0.116. The number of Topliss-reactive ketones (excluding diaryl/α,β-unsaturated/α-hetero) is 1. The maximum absolute atomic E-state index is 12.1. The molecule has 26 heavy (non-hydrogen) atoms. The zero-order valence-electron chi connectivity index (χ0n) is 14.0. The summed E-state index contributed by atoms with van der Waals surface area (Å²) in [6, 6.07) is 14.0. The highest BCUT2D eigenvalue weighted by Gasteiger charge is 2.20. The van der Waals surface area contributed by atoms with Crippen molar-refractivity contribution in [1.82, 2.24) is 5.32 Å². The van der Waals surface area contributed by atoms with E-state index in [1.165, 1.54) is 0 Å². The van der Waals surface area contributed by atoms with Crippen LogP contribution < -0.4 is 15.5 Å². The Hall–Kier alpha value is -2.67. The van der Waals surface area contributed by atoms with E-state index in [4.69, 9.17) is 0 Å². The van der Waals surface area contributed by atoms with Gasteiger partial charge in [-0.3, -0.25) is 14.5 Å². The molecule has 6 nitrogen and oxygen atoms in total. The number of ketones is 1. The number of carbonyl (C=O) groups excluding carboxylic acids is 3. The van der Waals surface area contributed by atoms with Crippen molar-refractivity contribution in [2.45, 2.75) is 12.8 Å². The Kier molecular flexibility index (Phi) is 5.68. The predicted molar refractivity (Wildman–Crippen MR) is 104 cm³/mol. The monoisotopic (exact) mass is 415 g/mol. The van der Waals surface area contributed by atoms with E-state index >= 15 is 0 Å². The Labute approximate surface area is 159 Å². The molecular weight excluding hydrogens is 398 g/mol. The summed E-state index contributed by atoms with van der Waals surface area (Å²) in [6.07, 6.45) is 0.269. The van der Waals surface area contributed by atoms with Crippen LogP contribution in [0.3, 0.4) is 0 Å². The lowest BCUT2D eigenvalue weighted by Crippen LogP contribution is -2.27. The Balaban J connectivity index is 1.50. The summed E-state index contributed by atoms with van der Waals surface area (Å²) in [4.78, 5) is 37.4. The van der Waals surface area contributed by atoms with Crippen LogP contribution in [0.15, 0.2) is 53.0 Å². The fourth-order valence-corrected chi connectivity index (χ4v) is 2.94. The molecule has 2 aromatic rings. The van der Waals surface area contributed by atoms with E-state index in [9.17, 15) is 14.4 Å². The van der Waals surface area contributed by atoms with Crippen LogP contribution >= 0.6 is 15.9 Å². The average Bonchev–Trinajstić information content (AvgIpc) is 3.07. The number of hydrogen-bond donors (Lipinski definition) is 2. The molecule has 7 heteroatoms. The van der Waals surface area contributed by atoms with Crippen molar-refractivity contribution in [3.8, 4) is 0 Å². The molecule has 0 aliphatic carbocycles. The fourth-order valence-electron chi connectivity index (χ4n) is 2.67. The highest BCUT2D eigenvalue weighted by molar-refractivity contribution is 9.10. The number of rotatable bonds is 6. The number of nitrogens with zero attached hydrogens (tertiary/aromatic N) is 1. The molecule has 1 saturated heterocycles. The van der Waals surface area contributed by atoms with Crippen molar-refractivity contribution in [3.05, 3.63) is 58.6 Å². The van der Waals surface area contributed by atoms with Gasteiger partial charge in [-0.1, -0.05) is 28.1 Å². The number of urea groups is 1. The van der Waals surface area contributed by atoms with Gasteiger partial charge in [0.05, 0.1) is 0 Å². The van der Waals surface area contributed by atoms with Crippen molar-refractivity contribution in [2.24, 2.45) is 0 Å². The van der Waals surface area contributed by atoms with E-state index in [0.717, 1.165) is 10.2 Å². The van der Waals surface area contributed by atoms with Crippen molar-refractivity contribution in [2.75, 3.05) is 23.3 Å². The number of hydrogen-bond acceptors (Lipinski definition) is 3. The lowest BCUT2D eigenvalue weighted by atomic mass is 10.1. The standard InChI is InChI=1S/C19H18BrN3O3/c20-14-3-1-13(2-4-14)17(24)9-10-18(25)22-15-5-7-16(8-6-15)23-12-11-21-19(23)26/h1-8H,9-12H2,(H,21,26)(H,22,25). The molecule has 3 amide bonds. The summed E-state index contributed by atoms with van der Waals surface area (Å²) in [6.45, 7) is 1.26. The van der Waals surface area contributed by atoms with Gasteiger partial charge in [-0.05, 0) is 36.4 Å². The minimum atomic E-state index is -0.220. The molecule has 3 rings (SSSR count). The van der Waals surface area contributed by atoms with Crippen molar-refractivity contribution in [3.63, 3.8) is 0 Å². The van der Waals surface area contributed by atoms with Gasteiger partial charge in [0.1, 0.15) is 0 Å². The van der Waals surface area contributed by atoms with Crippen molar-refractivity contribution < 1.29 is 14.4 Å². The van der Waals surface area contributed by atoms with E-state index in [0.29, 0.717) is 24.3 Å². The van der Waals surface area contributed by atoms with Gasteiger partial charge < -0.3 is 10.6 Å². The van der Waals surface area contributed by atoms with E-state index < -0.39 is 0 Å². The summed E-state index contributed by atoms with van der Waals surface area (Å²) >= 11 is 3.32. The van der Waals surface area contributed by atoms with Crippen molar-refractivity contribution >= 4 is 45.0 Å². The number of amides is 3. The smallest absolute Gasteiger partial charge is 0.321 e. The third-order valence-electron chi connectivity index (χ3n) is 4.06. The number of halogens is 1. The third kappa shape index (κ3) is 4.49. The molecule has 134 valence electrons. The highest BCUT2D eigenvalue weighted by atomic mass is 79.9. The molecule has 1 aliphatic heterocycles. The zero-order valence-corrected chi connectivity index (χ0v) is 15.6. The summed E-state index contributed by atoms with van der Waals surface area (Å²) in [5, 5.41) is 5.51. The van der Waals surface area contributed by atoms with Crippen LogP contribution in [-0.4, -0.2) is 30.8 Å². The molecule has 0 saturated carbocycles. The Morgan fingerprint density at radius 2 is 1.73 bits per heavy atom. The first kappa shape index (κ1) is 18.1. The van der Waals surface area contributed by atoms with Gasteiger partial charge in [0.25, 0.3) is 0 Å². The Morgan fingerprint density at radius 1 is 1.04 bits per heavy atom. The number of benzene rings is 2. The predicted octanol–water partition coefficient (Wildman–Crippen LogP) is 3.58. The molecule has 0 aromatic heterocycles. The maximum atomic E-state index is 12.1. The van der Waals surface area contributed by atoms with Gasteiger partial charge in [0.15, 0.2) is 5.78 Å². The maximum Gasteiger partial charge on any atom is 0.321 e. The average molecular weight is 416 g/mol. The number of anilines is 2. The van der Waals surface area contributed by atoms with Crippen LogP contribution in [0.2, 0.25) is 0 Å². The molecular formula is C19H18BrN3O3. The number of carbonyl (C=O) groups is 3. The minimum absolute atomic E-state index is 0.0666. The molecule has 0 radical (unpaired) electrons. The molecule has 0 spiro atoms. The first-order valence-electron chi connectivity index (χ1n) is 8.27. The number of nitrogens with one attached hydrogen (secondary N) is 2. The molecule has 1 heterocycles. The third-order valence-corrected chi connectivity index (χ3v) is 4.59. The van der Waals surface area contributed by atoms with Gasteiger partial charge >= 0.3 is 6.03 Å². The SMILES string of the molecule is O=C(CCC(=O)c1ccc(Br)cc1)Nc1ccc(N2CCNC2=O)cc1. The molecule has 1 fully saturated rings. The van der Waals surface area contributed by atoms with E-state index in [1.807, 2.05) is 0 Å². The summed E-state index contributed by atoms with van der Waals surface area (Å²) in [5.74, 6) is -0.287. The largest absolute Gasteiger partial charge is 0.336 e. The van der Waals surface area contributed by atoms with Crippen LogP contribution in [0, 0.1) is 0 Å². The summed E-state index contributed by atoms with van der Waals surface area (Å²) < 4.78 is 0.904. The van der Waals surface area contributed by atoms with Crippen LogP contribution in [0.25, 0.3) is 0 Å². The summed E-state index contributed by atoms with van der Waals surface area (Å²) in [7, 11) is 0. The molecule has 1 aliphatic rings. The van der Waals surface area contributed by atoms with E-state index in [2.05, 4.69) is 26.6 Å². The van der Waals surface area contributed by atoms with Gasteiger partial charge in [0.2, 0.25) is 5.91 Å². The first-order chi connectivity index (χ1) is 12.5. The van der Waals surface area contributed by atoms with Crippen LogP contribution in [-0.2, 0) is 4.79 Å². The molecule has 0 unspecified atom stereocenters. The van der Waals surface area contributed by atoms with E-state index in [-0.39, 0.29) is 30.6 Å². The second-order valence-corrected chi connectivity index (χ2v) is 6.82. The molecule has 0 bridgehead atoms. The molecule has 2 N–H and O–H groups in total. The van der Waals surface area contributed by atoms with Crippen molar-refractivity contribution in [1.29, 1.82) is 0 Å². The molecule has 2 aromatic carbocycles. The Bertz CT molecular complexity index is 819. The topological polar surface area (TPSA) is 78.5 Å².